The number of amides is 1. The summed E-state index contributed by atoms with van der Waals surface area (Å²) < 4.78 is 11.2. The van der Waals surface area contributed by atoms with E-state index in [-0.39, 0.29) is 11.9 Å². The number of likely N-dealkylation sites (tertiary alicyclic amines) is 1. The number of benzene rings is 1. The lowest BCUT2D eigenvalue weighted by Gasteiger charge is -2.27. The van der Waals surface area contributed by atoms with E-state index in [4.69, 9.17) is 21.1 Å². The largest absolute Gasteiger partial charge is 0.486 e. The fourth-order valence-electron chi connectivity index (χ4n) is 2.89. The summed E-state index contributed by atoms with van der Waals surface area (Å²) in [5, 5.41) is 0. The lowest BCUT2D eigenvalue weighted by Crippen LogP contribution is -2.39. The Kier molecular flexibility index (Phi) is 3.74. The molecule has 1 fully saturated rings. The molecule has 0 aliphatic carbocycles. The van der Waals surface area contributed by atoms with Crippen LogP contribution in [0.5, 0.6) is 11.5 Å². The molecule has 0 aromatic heterocycles. The molecule has 20 heavy (non-hydrogen) atoms. The van der Waals surface area contributed by atoms with Gasteiger partial charge in [-0.3, -0.25) is 4.79 Å². The van der Waals surface area contributed by atoms with Crippen LogP contribution < -0.4 is 9.47 Å². The first-order valence-corrected chi connectivity index (χ1v) is 7.51. The number of fused-ring (bicyclic) bond motifs is 1. The van der Waals surface area contributed by atoms with Crippen LogP contribution in [0.25, 0.3) is 0 Å². The van der Waals surface area contributed by atoms with Gasteiger partial charge >= 0.3 is 0 Å². The van der Waals surface area contributed by atoms with E-state index in [1.165, 1.54) is 0 Å². The van der Waals surface area contributed by atoms with Gasteiger partial charge in [0.1, 0.15) is 13.2 Å². The first kappa shape index (κ1) is 13.6. The molecule has 1 aromatic carbocycles. The van der Waals surface area contributed by atoms with Gasteiger partial charge in [-0.2, -0.15) is 0 Å². The maximum atomic E-state index is 12.8. The summed E-state index contributed by atoms with van der Waals surface area (Å²) in [6.45, 7) is 3.89. The molecule has 2 heterocycles. The van der Waals surface area contributed by atoms with Crippen LogP contribution in [-0.4, -0.2) is 42.5 Å². The van der Waals surface area contributed by atoms with Crippen LogP contribution >= 0.6 is 11.6 Å². The normalized spacial score (nSPS) is 24.8. The minimum absolute atomic E-state index is 0.0117. The van der Waals surface area contributed by atoms with E-state index in [9.17, 15) is 4.79 Å². The Morgan fingerprint density at radius 1 is 1.40 bits per heavy atom. The van der Waals surface area contributed by atoms with E-state index in [2.05, 4.69) is 6.92 Å². The average molecular weight is 296 g/mol. The highest BCUT2D eigenvalue weighted by atomic mass is 35.5. The number of carbonyl (C=O) groups is 1. The molecule has 2 aliphatic heterocycles. The Morgan fingerprint density at radius 2 is 2.20 bits per heavy atom. The van der Waals surface area contributed by atoms with Gasteiger partial charge in [0.2, 0.25) is 0 Å². The molecule has 2 aliphatic rings. The molecule has 2 atom stereocenters. The van der Waals surface area contributed by atoms with E-state index in [0.29, 0.717) is 42.1 Å². The lowest BCUT2D eigenvalue weighted by atomic mass is 10.0. The topological polar surface area (TPSA) is 38.8 Å². The van der Waals surface area contributed by atoms with E-state index in [1.54, 1.807) is 6.07 Å². The minimum atomic E-state index is -0.0117. The summed E-state index contributed by atoms with van der Waals surface area (Å²) >= 11 is 6.02. The highest BCUT2D eigenvalue weighted by Gasteiger charge is 2.35. The molecule has 3 rings (SSSR count). The van der Waals surface area contributed by atoms with Gasteiger partial charge in [-0.1, -0.05) is 13.0 Å². The van der Waals surface area contributed by atoms with Crippen molar-refractivity contribution in [2.45, 2.75) is 19.4 Å². The maximum absolute atomic E-state index is 12.8. The van der Waals surface area contributed by atoms with Gasteiger partial charge in [0, 0.05) is 18.5 Å². The third kappa shape index (κ3) is 2.22. The van der Waals surface area contributed by atoms with Gasteiger partial charge in [0.25, 0.3) is 5.91 Å². The Morgan fingerprint density at radius 3 is 3.00 bits per heavy atom. The van der Waals surface area contributed by atoms with Gasteiger partial charge in [0.15, 0.2) is 11.5 Å². The summed E-state index contributed by atoms with van der Waals surface area (Å²) in [6.07, 6.45) is 0.996. The molecular formula is C15H18ClNO3. The minimum Gasteiger partial charge on any atom is -0.486 e. The zero-order valence-corrected chi connectivity index (χ0v) is 12.2. The Bertz CT molecular complexity index is 520. The molecule has 0 bridgehead atoms. The predicted octanol–water partition coefficient (Wildman–Crippen LogP) is 2.55. The molecule has 0 N–H and O–H groups in total. The van der Waals surface area contributed by atoms with Gasteiger partial charge in [-0.05, 0) is 24.5 Å². The monoisotopic (exact) mass is 295 g/mol. The highest BCUT2D eigenvalue weighted by molar-refractivity contribution is 6.18. The first-order chi connectivity index (χ1) is 9.72. The van der Waals surface area contributed by atoms with Gasteiger partial charge in [-0.25, -0.2) is 0 Å². The number of para-hydroxylation sites is 1. The third-order valence-corrected chi connectivity index (χ3v) is 4.41. The van der Waals surface area contributed by atoms with Gasteiger partial charge < -0.3 is 14.4 Å². The van der Waals surface area contributed by atoms with Crippen molar-refractivity contribution in [3.63, 3.8) is 0 Å². The molecule has 2 unspecified atom stereocenters. The van der Waals surface area contributed by atoms with Crippen LogP contribution in [0.3, 0.4) is 0 Å². The molecule has 1 aromatic rings. The number of nitrogens with zero attached hydrogens (tertiary/aromatic N) is 1. The second-order valence-electron chi connectivity index (χ2n) is 5.32. The molecule has 0 radical (unpaired) electrons. The molecule has 4 nitrogen and oxygen atoms in total. The van der Waals surface area contributed by atoms with Crippen molar-refractivity contribution in [1.29, 1.82) is 0 Å². The van der Waals surface area contributed by atoms with Crippen molar-refractivity contribution in [2.24, 2.45) is 5.92 Å². The van der Waals surface area contributed by atoms with Crippen LogP contribution in [0.1, 0.15) is 23.7 Å². The van der Waals surface area contributed by atoms with E-state index in [0.717, 1.165) is 13.0 Å². The van der Waals surface area contributed by atoms with Crippen LogP contribution in [0.15, 0.2) is 18.2 Å². The SMILES string of the molecule is CC1CCN(C(=O)c2cccc3c2OCCO3)C1CCl. The molecule has 0 spiro atoms. The molecule has 108 valence electrons. The molecule has 1 saturated heterocycles. The number of carbonyl (C=O) groups excluding carboxylic acids is 1. The van der Waals surface area contributed by atoms with Crippen molar-refractivity contribution < 1.29 is 14.3 Å². The predicted molar refractivity (Wildman–Crippen MR) is 76.8 cm³/mol. The van der Waals surface area contributed by atoms with Crippen LogP contribution in [0.4, 0.5) is 0 Å². The number of halogens is 1. The summed E-state index contributed by atoms with van der Waals surface area (Å²) in [6, 6.07) is 5.56. The van der Waals surface area contributed by atoms with E-state index >= 15 is 0 Å². The number of hydrogen-bond donors (Lipinski definition) is 0. The number of rotatable bonds is 2. The van der Waals surface area contributed by atoms with Gasteiger partial charge in [-0.15, -0.1) is 11.6 Å². The Labute approximate surface area is 123 Å². The molecule has 0 saturated carbocycles. The standard InChI is InChI=1S/C15H18ClNO3/c1-10-5-6-17(12(10)9-16)15(18)11-3-2-4-13-14(11)20-8-7-19-13/h2-4,10,12H,5-9H2,1H3. The third-order valence-electron chi connectivity index (χ3n) is 4.10. The zero-order chi connectivity index (χ0) is 14.1. The van der Waals surface area contributed by atoms with E-state index < -0.39 is 0 Å². The summed E-state index contributed by atoms with van der Waals surface area (Å²) in [7, 11) is 0. The van der Waals surface area contributed by atoms with E-state index in [1.807, 2.05) is 17.0 Å². The zero-order valence-electron chi connectivity index (χ0n) is 11.5. The maximum Gasteiger partial charge on any atom is 0.258 e. The van der Waals surface area contributed by atoms with Gasteiger partial charge in [0.05, 0.1) is 5.56 Å². The van der Waals surface area contributed by atoms with Crippen LogP contribution in [-0.2, 0) is 0 Å². The quantitative estimate of drug-likeness (QED) is 0.787. The lowest BCUT2D eigenvalue weighted by molar-refractivity contribution is 0.0726. The fourth-order valence-corrected chi connectivity index (χ4v) is 3.36. The first-order valence-electron chi connectivity index (χ1n) is 6.98. The number of alkyl halides is 1. The van der Waals surface area contributed by atoms with Crippen molar-refractivity contribution in [2.75, 3.05) is 25.6 Å². The second-order valence-corrected chi connectivity index (χ2v) is 5.62. The summed E-state index contributed by atoms with van der Waals surface area (Å²) in [5.74, 6) is 2.11. The van der Waals surface area contributed by atoms with Crippen molar-refractivity contribution in [1.82, 2.24) is 4.90 Å². The van der Waals surface area contributed by atoms with Crippen molar-refractivity contribution in [3.8, 4) is 11.5 Å². The Hall–Kier alpha value is -1.42. The Balaban J connectivity index is 1.91. The smallest absolute Gasteiger partial charge is 0.258 e. The number of hydrogen-bond acceptors (Lipinski definition) is 3. The molecule has 1 amide bonds. The average Bonchev–Trinajstić information content (AvgIpc) is 2.86. The van der Waals surface area contributed by atoms with Crippen LogP contribution in [0, 0.1) is 5.92 Å². The fraction of sp³-hybridized carbons (Fsp3) is 0.533. The second kappa shape index (κ2) is 5.52. The molecule has 5 heteroatoms. The van der Waals surface area contributed by atoms with Crippen LogP contribution in [0.2, 0.25) is 0 Å². The molecular weight excluding hydrogens is 278 g/mol. The van der Waals surface area contributed by atoms with Crippen molar-refractivity contribution >= 4 is 17.5 Å². The number of ether oxygens (including phenoxy) is 2. The summed E-state index contributed by atoms with van der Waals surface area (Å²) in [4.78, 5) is 14.6. The highest BCUT2D eigenvalue weighted by Crippen LogP contribution is 2.36. The van der Waals surface area contributed by atoms with Crippen molar-refractivity contribution in [3.05, 3.63) is 23.8 Å². The summed E-state index contributed by atoms with van der Waals surface area (Å²) in [5.41, 5.74) is 0.575.